The summed E-state index contributed by atoms with van der Waals surface area (Å²) in [6, 6.07) is -0.764. The standard InChI is InChI=1S/C10H16N6O3/c11-2-6-3-15(14-13-6)5-9(18)16-4-7(17)1-8(16)10(12)19/h3,7-8,17H,1-2,4-5,11H2,(H2,12,19). The molecule has 0 aliphatic carbocycles. The van der Waals surface area contributed by atoms with E-state index in [1.807, 2.05) is 0 Å². The first-order valence-corrected chi connectivity index (χ1v) is 5.87. The topological polar surface area (TPSA) is 140 Å². The summed E-state index contributed by atoms with van der Waals surface area (Å²) < 4.78 is 1.34. The summed E-state index contributed by atoms with van der Waals surface area (Å²) >= 11 is 0. The van der Waals surface area contributed by atoms with Crippen LogP contribution in [0.3, 0.4) is 0 Å². The first kappa shape index (κ1) is 13.4. The number of hydrogen-bond acceptors (Lipinski definition) is 6. The van der Waals surface area contributed by atoms with E-state index in [9.17, 15) is 14.7 Å². The van der Waals surface area contributed by atoms with Crippen LogP contribution in [0.1, 0.15) is 12.1 Å². The molecule has 19 heavy (non-hydrogen) atoms. The van der Waals surface area contributed by atoms with Crippen molar-refractivity contribution >= 4 is 11.8 Å². The number of primary amides is 1. The number of aliphatic hydroxyl groups is 1. The van der Waals surface area contributed by atoms with Gasteiger partial charge < -0.3 is 21.5 Å². The Morgan fingerprint density at radius 2 is 2.26 bits per heavy atom. The van der Waals surface area contributed by atoms with Crippen LogP contribution in [0.5, 0.6) is 0 Å². The predicted molar refractivity (Wildman–Crippen MR) is 63.2 cm³/mol. The summed E-state index contributed by atoms with van der Waals surface area (Å²) in [5.41, 5.74) is 11.2. The highest BCUT2D eigenvalue weighted by Gasteiger charge is 2.37. The second-order valence-corrected chi connectivity index (χ2v) is 4.47. The number of amides is 2. The van der Waals surface area contributed by atoms with Crippen molar-refractivity contribution in [2.24, 2.45) is 11.5 Å². The van der Waals surface area contributed by atoms with E-state index < -0.39 is 18.1 Å². The van der Waals surface area contributed by atoms with E-state index in [4.69, 9.17) is 11.5 Å². The van der Waals surface area contributed by atoms with E-state index in [0.717, 1.165) is 0 Å². The van der Waals surface area contributed by atoms with Gasteiger partial charge in [0, 0.05) is 19.5 Å². The van der Waals surface area contributed by atoms with Crippen molar-refractivity contribution in [3.05, 3.63) is 11.9 Å². The number of nitrogens with two attached hydrogens (primary N) is 2. The number of hydrogen-bond donors (Lipinski definition) is 3. The third-order valence-electron chi connectivity index (χ3n) is 3.02. The fraction of sp³-hybridized carbons (Fsp3) is 0.600. The van der Waals surface area contributed by atoms with Crippen molar-refractivity contribution in [2.75, 3.05) is 6.54 Å². The quantitative estimate of drug-likeness (QED) is 0.538. The number of aliphatic hydroxyl groups excluding tert-OH is 1. The van der Waals surface area contributed by atoms with E-state index in [-0.39, 0.29) is 32.0 Å². The molecule has 0 radical (unpaired) electrons. The van der Waals surface area contributed by atoms with Crippen molar-refractivity contribution in [2.45, 2.75) is 31.7 Å². The molecule has 1 fully saturated rings. The molecule has 0 saturated carbocycles. The number of β-amino-alcohol motifs (C(OH)–C–C–N with tert-alkyl or cyclic N) is 1. The third kappa shape index (κ3) is 2.88. The molecule has 5 N–H and O–H groups in total. The number of nitrogens with zero attached hydrogens (tertiary/aromatic N) is 4. The van der Waals surface area contributed by atoms with Gasteiger partial charge >= 0.3 is 0 Å². The number of rotatable bonds is 4. The van der Waals surface area contributed by atoms with Crippen LogP contribution < -0.4 is 11.5 Å². The van der Waals surface area contributed by atoms with E-state index in [0.29, 0.717) is 5.69 Å². The van der Waals surface area contributed by atoms with E-state index >= 15 is 0 Å². The predicted octanol–water partition coefficient (Wildman–Crippen LogP) is -2.82. The van der Waals surface area contributed by atoms with E-state index in [1.54, 1.807) is 6.20 Å². The Balaban J connectivity index is 2.04. The summed E-state index contributed by atoms with van der Waals surface area (Å²) in [7, 11) is 0. The van der Waals surface area contributed by atoms with Gasteiger partial charge in [0.25, 0.3) is 0 Å². The van der Waals surface area contributed by atoms with E-state index in [2.05, 4.69) is 10.3 Å². The molecule has 1 aliphatic heterocycles. The van der Waals surface area contributed by atoms with Crippen molar-refractivity contribution in [3.63, 3.8) is 0 Å². The highest BCUT2D eigenvalue weighted by Crippen LogP contribution is 2.18. The van der Waals surface area contributed by atoms with Crippen LogP contribution in [0, 0.1) is 0 Å². The summed E-state index contributed by atoms with van der Waals surface area (Å²) in [5.74, 6) is -0.958. The first-order valence-electron chi connectivity index (χ1n) is 5.87. The number of carbonyl (C=O) groups excluding carboxylic acids is 2. The van der Waals surface area contributed by atoms with Crippen LogP contribution in [-0.4, -0.2) is 55.5 Å². The van der Waals surface area contributed by atoms with Crippen LogP contribution in [0.2, 0.25) is 0 Å². The number of aromatic nitrogens is 3. The molecule has 0 aromatic carbocycles. The first-order chi connectivity index (χ1) is 9.01. The molecular formula is C10H16N6O3. The van der Waals surface area contributed by atoms with Crippen LogP contribution in [0.25, 0.3) is 0 Å². The smallest absolute Gasteiger partial charge is 0.245 e. The molecule has 2 atom stereocenters. The molecule has 1 saturated heterocycles. The second kappa shape index (κ2) is 5.33. The molecule has 1 aromatic heterocycles. The van der Waals surface area contributed by atoms with Gasteiger partial charge in [-0.25, -0.2) is 4.68 Å². The lowest BCUT2D eigenvalue weighted by atomic mass is 10.2. The molecule has 2 heterocycles. The van der Waals surface area contributed by atoms with Gasteiger partial charge in [0.2, 0.25) is 11.8 Å². The zero-order valence-corrected chi connectivity index (χ0v) is 10.3. The molecule has 104 valence electrons. The van der Waals surface area contributed by atoms with Crippen LogP contribution in [0.4, 0.5) is 0 Å². The summed E-state index contributed by atoms with van der Waals surface area (Å²) in [5, 5.41) is 17.0. The zero-order valence-electron chi connectivity index (χ0n) is 10.3. The Kier molecular flexibility index (Phi) is 3.76. The normalized spacial score (nSPS) is 22.7. The molecule has 9 nitrogen and oxygen atoms in total. The fourth-order valence-corrected chi connectivity index (χ4v) is 2.10. The maximum Gasteiger partial charge on any atom is 0.245 e. The SMILES string of the molecule is NCc1cn(CC(=O)N2CC(O)CC2C(N)=O)nn1. The van der Waals surface area contributed by atoms with Crippen molar-refractivity contribution < 1.29 is 14.7 Å². The lowest BCUT2D eigenvalue weighted by molar-refractivity contribution is -0.138. The summed E-state index contributed by atoms with van der Waals surface area (Å²) in [4.78, 5) is 24.6. The van der Waals surface area contributed by atoms with Crippen LogP contribution in [-0.2, 0) is 22.7 Å². The highest BCUT2D eigenvalue weighted by molar-refractivity contribution is 5.87. The van der Waals surface area contributed by atoms with Gasteiger partial charge in [-0.3, -0.25) is 9.59 Å². The molecular weight excluding hydrogens is 252 g/mol. The molecule has 9 heteroatoms. The minimum atomic E-state index is -0.764. The minimum Gasteiger partial charge on any atom is -0.391 e. The Labute approximate surface area is 109 Å². The van der Waals surface area contributed by atoms with E-state index in [1.165, 1.54) is 9.58 Å². The molecule has 2 rings (SSSR count). The fourth-order valence-electron chi connectivity index (χ4n) is 2.10. The van der Waals surface area contributed by atoms with Gasteiger partial charge in [-0.15, -0.1) is 5.10 Å². The Morgan fingerprint density at radius 3 is 2.84 bits per heavy atom. The molecule has 2 unspecified atom stereocenters. The average molecular weight is 268 g/mol. The van der Waals surface area contributed by atoms with Crippen LogP contribution >= 0.6 is 0 Å². The zero-order chi connectivity index (χ0) is 14.0. The average Bonchev–Trinajstić information content (AvgIpc) is 2.95. The Hall–Kier alpha value is -2.00. The second-order valence-electron chi connectivity index (χ2n) is 4.47. The summed E-state index contributed by atoms with van der Waals surface area (Å²) in [6.07, 6.45) is 1.01. The van der Waals surface area contributed by atoms with Gasteiger partial charge in [0.15, 0.2) is 0 Å². The monoisotopic (exact) mass is 268 g/mol. The van der Waals surface area contributed by atoms with Gasteiger partial charge in [-0.2, -0.15) is 0 Å². The largest absolute Gasteiger partial charge is 0.391 e. The lowest BCUT2D eigenvalue weighted by Gasteiger charge is -2.21. The van der Waals surface area contributed by atoms with Gasteiger partial charge in [-0.1, -0.05) is 5.21 Å². The summed E-state index contributed by atoms with van der Waals surface area (Å²) in [6.45, 7) is 0.273. The van der Waals surface area contributed by atoms with Gasteiger partial charge in [0.1, 0.15) is 12.6 Å². The lowest BCUT2D eigenvalue weighted by Crippen LogP contribution is -2.45. The molecule has 2 amide bonds. The minimum absolute atomic E-state index is 0.0660. The Morgan fingerprint density at radius 1 is 1.53 bits per heavy atom. The van der Waals surface area contributed by atoms with Gasteiger partial charge in [0.05, 0.1) is 18.0 Å². The molecule has 0 spiro atoms. The number of carbonyl (C=O) groups is 2. The molecule has 1 aliphatic rings. The van der Waals surface area contributed by atoms with Gasteiger partial charge in [-0.05, 0) is 0 Å². The molecule has 0 bridgehead atoms. The maximum atomic E-state index is 12.1. The Bertz CT molecular complexity index is 487. The number of likely N-dealkylation sites (tertiary alicyclic amines) is 1. The van der Waals surface area contributed by atoms with Crippen molar-refractivity contribution in [1.29, 1.82) is 0 Å². The third-order valence-corrected chi connectivity index (χ3v) is 3.02. The highest BCUT2D eigenvalue weighted by atomic mass is 16.3. The van der Waals surface area contributed by atoms with Crippen LogP contribution in [0.15, 0.2) is 6.20 Å². The molecule has 1 aromatic rings. The van der Waals surface area contributed by atoms with Crippen molar-refractivity contribution in [3.8, 4) is 0 Å². The van der Waals surface area contributed by atoms with Crippen molar-refractivity contribution in [1.82, 2.24) is 19.9 Å². The maximum absolute atomic E-state index is 12.1.